The van der Waals surface area contributed by atoms with Gasteiger partial charge in [0, 0.05) is 17.1 Å². The Bertz CT molecular complexity index is 617. The maximum absolute atomic E-state index is 11.0. The van der Waals surface area contributed by atoms with Crippen LogP contribution in [0.4, 0.5) is 5.69 Å². The number of hydrogen-bond acceptors (Lipinski definition) is 4. The van der Waals surface area contributed by atoms with Crippen LogP contribution >= 0.6 is 0 Å². The summed E-state index contributed by atoms with van der Waals surface area (Å²) in [6.07, 6.45) is 0. The second-order valence-corrected chi connectivity index (χ2v) is 3.71. The molecule has 5 heteroatoms. The number of carboxylic acid groups (broad SMARTS) is 1. The zero-order valence-electron chi connectivity index (χ0n) is 9.14. The summed E-state index contributed by atoms with van der Waals surface area (Å²) in [6, 6.07) is 7.32. The molecule has 17 heavy (non-hydrogen) atoms. The Balaban J connectivity index is 2.35. The van der Waals surface area contributed by atoms with E-state index in [-0.39, 0.29) is 0 Å². The number of rotatable bonds is 3. The summed E-state index contributed by atoms with van der Waals surface area (Å²) in [5.41, 5.74) is 0.740. The normalized spacial score (nSPS) is 12.3. The van der Waals surface area contributed by atoms with Gasteiger partial charge in [-0.1, -0.05) is 0 Å². The van der Waals surface area contributed by atoms with Crippen LogP contribution in [0.3, 0.4) is 0 Å². The largest absolute Gasteiger partial charge is 0.480 e. The number of nitrogens with one attached hydrogen (secondary N) is 1. The van der Waals surface area contributed by atoms with Gasteiger partial charge in [0.05, 0.1) is 0 Å². The molecule has 0 radical (unpaired) electrons. The van der Waals surface area contributed by atoms with E-state index in [1.807, 2.05) is 0 Å². The first kappa shape index (κ1) is 11.2. The number of fused-ring (bicyclic) bond motifs is 1. The molecule has 0 aliphatic carbocycles. The zero-order chi connectivity index (χ0) is 12.4. The molecule has 0 saturated heterocycles. The van der Waals surface area contributed by atoms with Crippen LogP contribution in [0.5, 0.6) is 0 Å². The fourth-order valence-electron chi connectivity index (χ4n) is 1.47. The third-order valence-corrected chi connectivity index (χ3v) is 2.37. The van der Waals surface area contributed by atoms with Crippen LogP contribution < -0.4 is 10.9 Å². The van der Waals surface area contributed by atoms with Crippen molar-refractivity contribution >= 4 is 22.6 Å². The van der Waals surface area contributed by atoms with E-state index < -0.39 is 17.6 Å². The minimum absolute atomic E-state index is 0.405. The van der Waals surface area contributed by atoms with Crippen molar-refractivity contribution in [3.05, 3.63) is 40.8 Å². The molecule has 1 aromatic heterocycles. The minimum Gasteiger partial charge on any atom is -0.480 e. The summed E-state index contributed by atoms with van der Waals surface area (Å²) in [7, 11) is 0. The summed E-state index contributed by atoms with van der Waals surface area (Å²) < 4.78 is 4.97. The van der Waals surface area contributed by atoms with Gasteiger partial charge < -0.3 is 14.8 Å². The van der Waals surface area contributed by atoms with E-state index in [1.165, 1.54) is 6.07 Å². The van der Waals surface area contributed by atoms with Crippen LogP contribution in [0.25, 0.3) is 11.0 Å². The molecule has 5 nitrogen and oxygen atoms in total. The summed E-state index contributed by atoms with van der Waals surface area (Å²) in [5.74, 6) is -0.926. The highest BCUT2D eigenvalue weighted by Crippen LogP contribution is 2.18. The standard InChI is InChI=1S/C12H11NO4/c1-7(12(15)16)13-9-3-4-10-8(6-9)2-5-11(14)17-10/h2-7,13H,1H3,(H,15,16)/t7-/m0/s1. The molecule has 0 spiro atoms. The highest BCUT2D eigenvalue weighted by atomic mass is 16.4. The second-order valence-electron chi connectivity index (χ2n) is 3.71. The topological polar surface area (TPSA) is 79.5 Å². The molecule has 0 amide bonds. The third kappa shape index (κ3) is 2.44. The van der Waals surface area contributed by atoms with E-state index in [2.05, 4.69) is 5.32 Å². The van der Waals surface area contributed by atoms with Crippen LogP contribution in [0.1, 0.15) is 6.92 Å². The molecule has 0 saturated carbocycles. The van der Waals surface area contributed by atoms with Gasteiger partial charge in [-0.2, -0.15) is 0 Å². The van der Waals surface area contributed by atoms with Crippen molar-refractivity contribution in [3.8, 4) is 0 Å². The highest BCUT2D eigenvalue weighted by Gasteiger charge is 2.10. The predicted molar refractivity (Wildman–Crippen MR) is 63.2 cm³/mol. The van der Waals surface area contributed by atoms with E-state index >= 15 is 0 Å². The quantitative estimate of drug-likeness (QED) is 0.788. The lowest BCUT2D eigenvalue weighted by molar-refractivity contribution is -0.137. The summed E-state index contributed by atoms with van der Waals surface area (Å²) >= 11 is 0. The molecule has 2 N–H and O–H groups in total. The number of carbonyl (C=O) groups is 1. The van der Waals surface area contributed by atoms with Gasteiger partial charge in [-0.25, -0.2) is 4.79 Å². The highest BCUT2D eigenvalue weighted by molar-refractivity contribution is 5.82. The van der Waals surface area contributed by atoms with Crippen LogP contribution in [-0.4, -0.2) is 17.1 Å². The molecule has 0 bridgehead atoms. The number of aliphatic carboxylic acids is 1. The van der Waals surface area contributed by atoms with E-state index in [1.54, 1.807) is 31.2 Å². The van der Waals surface area contributed by atoms with E-state index in [0.29, 0.717) is 11.3 Å². The molecule has 2 rings (SSSR count). The molecule has 0 aliphatic heterocycles. The maximum atomic E-state index is 11.0. The van der Waals surface area contributed by atoms with Crippen molar-refractivity contribution in [2.75, 3.05) is 5.32 Å². The minimum atomic E-state index is -0.926. The monoisotopic (exact) mass is 233 g/mol. The van der Waals surface area contributed by atoms with Gasteiger partial charge in [0.1, 0.15) is 11.6 Å². The molecular weight excluding hydrogens is 222 g/mol. The van der Waals surface area contributed by atoms with Gasteiger partial charge in [-0.05, 0) is 31.2 Å². The van der Waals surface area contributed by atoms with Crippen LogP contribution in [0.2, 0.25) is 0 Å². The lowest BCUT2D eigenvalue weighted by Gasteiger charge is -2.10. The molecule has 1 heterocycles. The Labute approximate surface area is 96.7 Å². The number of hydrogen-bond donors (Lipinski definition) is 2. The van der Waals surface area contributed by atoms with Gasteiger partial charge in [0.15, 0.2) is 0 Å². The van der Waals surface area contributed by atoms with Gasteiger partial charge in [-0.15, -0.1) is 0 Å². The van der Waals surface area contributed by atoms with E-state index in [4.69, 9.17) is 9.52 Å². The molecular formula is C12H11NO4. The molecule has 2 aromatic rings. The Morgan fingerprint density at radius 2 is 2.12 bits per heavy atom. The van der Waals surface area contributed by atoms with Crippen molar-refractivity contribution in [1.29, 1.82) is 0 Å². The van der Waals surface area contributed by atoms with Crippen molar-refractivity contribution in [2.45, 2.75) is 13.0 Å². The fourth-order valence-corrected chi connectivity index (χ4v) is 1.47. The average molecular weight is 233 g/mol. The Morgan fingerprint density at radius 1 is 1.35 bits per heavy atom. The van der Waals surface area contributed by atoms with E-state index in [9.17, 15) is 9.59 Å². The summed E-state index contributed by atoms with van der Waals surface area (Å²) in [6.45, 7) is 1.55. The van der Waals surface area contributed by atoms with Gasteiger partial charge >= 0.3 is 11.6 Å². The van der Waals surface area contributed by atoms with Gasteiger partial charge in [0.25, 0.3) is 0 Å². The van der Waals surface area contributed by atoms with Crippen LogP contribution in [-0.2, 0) is 4.79 Å². The molecule has 88 valence electrons. The Hall–Kier alpha value is -2.30. The fraction of sp³-hybridized carbons (Fsp3) is 0.167. The van der Waals surface area contributed by atoms with Crippen molar-refractivity contribution < 1.29 is 14.3 Å². The predicted octanol–water partition coefficient (Wildman–Crippen LogP) is 1.68. The first-order chi connectivity index (χ1) is 8.06. The smallest absolute Gasteiger partial charge is 0.336 e. The number of anilines is 1. The van der Waals surface area contributed by atoms with Gasteiger partial charge in [-0.3, -0.25) is 4.79 Å². The SMILES string of the molecule is C[C@H](Nc1ccc2oc(=O)ccc2c1)C(=O)O. The Morgan fingerprint density at radius 3 is 2.82 bits per heavy atom. The molecule has 1 atom stereocenters. The van der Waals surface area contributed by atoms with Crippen molar-refractivity contribution in [2.24, 2.45) is 0 Å². The maximum Gasteiger partial charge on any atom is 0.336 e. The number of carboxylic acids is 1. The number of benzene rings is 1. The first-order valence-corrected chi connectivity index (χ1v) is 5.09. The second kappa shape index (κ2) is 4.29. The Kier molecular flexibility index (Phi) is 2.82. The molecule has 0 unspecified atom stereocenters. The van der Waals surface area contributed by atoms with Crippen molar-refractivity contribution in [1.82, 2.24) is 0 Å². The third-order valence-electron chi connectivity index (χ3n) is 2.37. The molecule has 0 aliphatic rings. The lowest BCUT2D eigenvalue weighted by atomic mass is 10.2. The summed E-state index contributed by atoms with van der Waals surface area (Å²) in [5, 5.41) is 12.3. The first-order valence-electron chi connectivity index (χ1n) is 5.09. The van der Waals surface area contributed by atoms with Crippen LogP contribution in [0.15, 0.2) is 39.5 Å². The lowest BCUT2D eigenvalue weighted by Crippen LogP contribution is -2.25. The molecule has 1 aromatic carbocycles. The van der Waals surface area contributed by atoms with Gasteiger partial charge in [0.2, 0.25) is 0 Å². The van der Waals surface area contributed by atoms with E-state index in [0.717, 1.165) is 5.39 Å². The average Bonchev–Trinajstić information content (AvgIpc) is 2.29. The molecule has 0 fully saturated rings. The van der Waals surface area contributed by atoms with Crippen LogP contribution in [0, 0.1) is 0 Å². The van der Waals surface area contributed by atoms with Crippen molar-refractivity contribution in [3.63, 3.8) is 0 Å². The zero-order valence-corrected chi connectivity index (χ0v) is 9.14. The summed E-state index contributed by atoms with van der Waals surface area (Å²) in [4.78, 5) is 21.7.